The van der Waals surface area contributed by atoms with Crippen LogP contribution in [0.15, 0.2) is 24.3 Å². The van der Waals surface area contributed by atoms with Crippen LogP contribution in [0.3, 0.4) is 0 Å². The van der Waals surface area contributed by atoms with Crippen molar-refractivity contribution in [2.24, 2.45) is 5.92 Å². The minimum Gasteiger partial charge on any atom is -0.493 e. The largest absolute Gasteiger partial charge is 0.493 e. The Morgan fingerprint density at radius 1 is 1.30 bits per heavy atom. The van der Waals surface area contributed by atoms with Crippen LogP contribution < -0.4 is 15.4 Å². The first-order valence-corrected chi connectivity index (χ1v) is 7.27. The molecule has 0 aliphatic carbocycles. The fourth-order valence-electron chi connectivity index (χ4n) is 1.54. The van der Waals surface area contributed by atoms with Gasteiger partial charge in [-0.15, -0.1) is 0 Å². The van der Waals surface area contributed by atoms with E-state index >= 15 is 0 Å². The van der Waals surface area contributed by atoms with Crippen LogP contribution in [-0.4, -0.2) is 25.1 Å². The molecule has 0 saturated heterocycles. The number of ether oxygens (including phenoxy) is 1. The zero-order valence-corrected chi connectivity index (χ0v) is 12.9. The number of hydrogen-bond donors (Lipinski definition) is 2. The van der Waals surface area contributed by atoms with Crippen molar-refractivity contribution < 1.29 is 9.53 Å². The topological polar surface area (TPSA) is 50.4 Å². The fraction of sp³-hybridized carbons (Fsp3) is 0.562. The molecular formula is C16H26N2O2. The summed E-state index contributed by atoms with van der Waals surface area (Å²) in [5, 5.41) is 6.03. The van der Waals surface area contributed by atoms with Crippen molar-refractivity contribution in [1.29, 1.82) is 0 Å². The molecule has 0 fully saturated rings. The maximum atomic E-state index is 11.8. The predicted molar refractivity (Wildman–Crippen MR) is 83.2 cm³/mol. The number of amides is 1. The summed E-state index contributed by atoms with van der Waals surface area (Å²) in [4.78, 5) is 11.8. The molecule has 0 heterocycles. The second kappa shape index (κ2) is 8.59. The van der Waals surface area contributed by atoms with Crippen molar-refractivity contribution in [3.8, 4) is 5.75 Å². The Balaban J connectivity index is 2.46. The van der Waals surface area contributed by atoms with E-state index in [9.17, 15) is 4.79 Å². The molecule has 1 amide bonds. The van der Waals surface area contributed by atoms with Crippen LogP contribution in [0.2, 0.25) is 0 Å². The van der Waals surface area contributed by atoms with Gasteiger partial charge >= 0.3 is 0 Å². The Kier molecular flexibility index (Phi) is 7.09. The van der Waals surface area contributed by atoms with Crippen molar-refractivity contribution in [2.45, 2.75) is 40.2 Å². The van der Waals surface area contributed by atoms with Crippen molar-refractivity contribution in [3.05, 3.63) is 24.3 Å². The van der Waals surface area contributed by atoms with Crippen LogP contribution in [0.4, 0.5) is 5.69 Å². The number of benzene rings is 1. The van der Waals surface area contributed by atoms with Crippen molar-refractivity contribution in [1.82, 2.24) is 5.32 Å². The van der Waals surface area contributed by atoms with Crippen molar-refractivity contribution >= 4 is 11.6 Å². The van der Waals surface area contributed by atoms with Gasteiger partial charge in [0.2, 0.25) is 5.91 Å². The second-order valence-corrected chi connectivity index (χ2v) is 5.47. The van der Waals surface area contributed by atoms with Gasteiger partial charge in [0.15, 0.2) is 0 Å². The SMILES string of the molecule is CCC(C)NCC(=O)Nc1cccc(OCC(C)C)c1. The highest BCUT2D eigenvalue weighted by atomic mass is 16.5. The lowest BCUT2D eigenvalue weighted by atomic mass is 10.2. The average molecular weight is 278 g/mol. The summed E-state index contributed by atoms with van der Waals surface area (Å²) in [7, 11) is 0. The number of hydrogen-bond acceptors (Lipinski definition) is 3. The number of nitrogens with one attached hydrogen (secondary N) is 2. The van der Waals surface area contributed by atoms with Crippen molar-refractivity contribution in [3.63, 3.8) is 0 Å². The van der Waals surface area contributed by atoms with Gasteiger partial charge in [-0.3, -0.25) is 4.79 Å². The summed E-state index contributed by atoms with van der Waals surface area (Å²) in [5.74, 6) is 1.23. The van der Waals surface area contributed by atoms with E-state index in [2.05, 4.69) is 38.3 Å². The van der Waals surface area contributed by atoms with Gasteiger partial charge in [0.25, 0.3) is 0 Å². The monoisotopic (exact) mass is 278 g/mol. The van der Waals surface area contributed by atoms with Gasteiger partial charge in [-0.25, -0.2) is 0 Å². The third kappa shape index (κ3) is 6.57. The molecule has 0 saturated carbocycles. The molecule has 1 aromatic carbocycles. The molecule has 4 nitrogen and oxygen atoms in total. The van der Waals surface area contributed by atoms with Crippen LogP contribution in [0.25, 0.3) is 0 Å². The van der Waals surface area contributed by atoms with Crippen LogP contribution in [0.5, 0.6) is 5.75 Å². The standard InChI is InChI=1S/C16H26N2O2/c1-5-13(4)17-10-16(19)18-14-7-6-8-15(9-14)20-11-12(2)3/h6-9,12-13,17H,5,10-11H2,1-4H3,(H,18,19). The molecule has 0 radical (unpaired) electrons. The van der Waals surface area contributed by atoms with Gasteiger partial charge in [0.1, 0.15) is 5.75 Å². The molecule has 20 heavy (non-hydrogen) atoms. The van der Waals surface area contributed by atoms with Crippen molar-refractivity contribution in [2.75, 3.05) is 18.5 Å². The third-order valence-electron chi connectivity index (χ3n) is 2.92. The van der Waals surface area contributed by atoms with E-state index in [1.54, 1.807) is 0 Å². The summed E-state index contributed by atoms with van der Waals surface area (Å²) >= 11 is 0. The van der Waals surface area contributed by atoms with E-state index in [0.29, 0.717) is 25.1 Å². The summed E-state index contributed by atoms with van der Waals surface area (Å²) in [6.45, 7) is 9.36. The minimum absolute atomic E-state index is 0.0358. The molecule has 2 N–H and O–H groups in total. The molecule has 1 unspecified atom stereocenters. The molecule has 0 aliphatic heterocycles. The molecule has 1 rings (SSSR count). The highest BCUT2D eigenvalue weighted by Crippen LogP contribution is 2.17. The maximum Gasteiger partial charge on any atom is 0.238 e. The Bertz CT molecular complexity index is 419. The normalized spacial score (nSPS) is 12.2. The first kappa shape index (κ1) is 16.5. The second-order valence-electron chi connectivity index (χ2n) is 5.47. The van der Waals surface area contributed by atoms with E-state index in [1.807, 2.05) is 24.3 Å². The highest BCUT2D eigenvalue weighted by molar-refractivity contribution is 5.92. The van der Waals surface area contributed by atoms with Gasteiger partial charge in [0.05, 0.1) is 13.2 Å². The summed E-state index contributed by atoms with van der Waals surface area (Å²) in [6, 6.07) is 7.84. The van der Waals surface area contributed by atoms with E-state index < -0.39 is 0 Å². The molecule has 0 bridgehead atoms. The molecule has 112 valence electrons. The van der Waals surface area contributed by atoms with E-state index in [4.69, 9.17) is 4.74 Å². The van der Waals surface area contributed by atoms with E-state index in [1.165, 1.54) is 0 Å². The van der Waals surface area contributed by atoms with Gasteiger partial charge in [-0.05, 0) is 31.4 Å². The molecule has 1 aromatic rings. The molecule has 4 heteroatoms. The lowest BCUT2D eigenvalue weighted by Crippen LogP contribution is -2.33. The predicted octanol–water partition coefficient (Wildman–Crippen LogP) is 3.05. The summed E-state index contributed by atoms with van der Waals surface area (Å²) < 4.78 is 5.64. The number of carbonyl (C=O) groups is 1. The molecule has 0 aromatic heterocycles. The van der Waals surface area contributed by atoms with Gasteiger partial charge in [0, 0.05) is 17.8 Å². The third-order valence-corrected chi connectivity index (χ3v) is 2.92. The van der Waals surface area contributed by atoms with Gasteiger partial charge in [-0.1, -0.05) is 26.8 Å². The van der Waals surface area contributed by atoms with Gasteiger partial charge < -0.3 is 15.4 Å². The molecule has 1 atom stereocenters. The molecule has 0 spiro atoms. The van der Waals surface area contributed by atoms with E-state index in [0.717, 1.165) is 17.9 Å². The van der Waals surface area contributed by atoms with Crippen LogP contribution in [-0.2, 0) is 4.79 Å². The van der Waals surface area contributed by atoms with Crippen LogP contribution in [0.1, 0.15) is 34.1 Å². The smallest absolute Gasteiger partial charge is 0.238 e. The first-order valence-electron chi connectivity index (χ1n) is 7.27. The number of carbonyl (C=O) groups excluding carboxylic acids is 1. The average Bonchev–Trinajstić information content (AvgIpc) is 2.43. The minimum atomic E-state index is -0.0358. The Morgan fingerprint density at radius 3 is 2.70 bits per heavy atom. The molecular weight excluding hydrogens is 252 g/mol. The van der Waals surface area contributed by atoms with E-state index in [-0.39, 0.29) is 5.91 Å². The quantitative estimate of drug-likeness (QED) is 0.768. The maximum absolute atomic E-state index is 11.8. The van der Waals surface area contributed by atoms with Crippen LogP contribution >= 0.6 is 0 Å². The summed E-state index contributed by atoms with van der Waals surface area (Å²) in [5.41, 5.74) is 0.766. The zero-order chi connectivity index (χ0) is 15.0. The first-order chi connectivity index (χ1) is 9.51. The highest BCUT2D eigenvalue weighted by Gasteiger charge is 2.05. The lowest BCUT2D eigenvalue weighted by Gasteiger charge is -2.12. The molecule has 0 aliphatic rings. The fourth-order valence-corrected chi connectivity index (χ4v) is 1.54. The zero-order valence-electron chi connectivity index (χ0n) is 12.9. The van der Waals surface area contributed by atoms with Gasteiger partial charge in [-0.2, -0.15) is 0 Å². The lowest BCUT2D eigenvalue weighted by molar-refractivity contribution is -0.115. The summed E-state index contributed by atoms with van der Waals surface area (Å²) in [6.07, 6.45) is 1.01. The number of anilines is 1. The Hall–Kier alpha value is -1.55. The van der Waals surface area contributed by atoms with Crippen LogP contribution in [0, 0.1) is 5.92 Å². The number of rotatable bonds is 8. The Morgan fingerprint density at radius 2 is 2.05 bits per heavy atom. The Labute approximate surface area is 121 Å².